The van der Waals surface area contributed by atoms with E-state index in [0.29, 0.717) is 6.54 Å². The maximum atomic E-state index is 11.6. The van der Waals surface area contributed by atoms with E-state index in [1.54, 1.807) is 16.8 Å². The minimum absolute atomic E-state index is 0.0206. The highest BCUT2D eigenvalue weighted by molar-refractivity contribution is 5.80. The predicted molar refractivity (Wildman–Crippen MR) is 55.8 cm³/mol. The highest BCUT2D eigenvalue weighted by atomic mass is 16.3. The average molecular weight is 202 g/mol. The van der Waals surface area contributed by atoms with E-state index < -0.39 is 0 Å². The molecule has 76 valence electrons. The third-order valence-electron chi connectivity index (χ3n) is 2.97. The molecule has 2 aromatic heterocycles. The summed E-state index contributed by atoms with van der Waals surface area (Å²) in [5.41, 5.74) is 2.71. The van der Waals surface area contributed by atoms with Gasteiger partial charge in [-0.1, -0.05) is 0 Å². The molecule has 0 aliphatic carbocycles. The van der Waals surface area contributed by atoms with Gasteiger partial charge in [0, 0.05) is 24.7 Å². The second-order valence-corrected chi connectivity index (χ2v) is 3.80. The molecule has 0 saturated heterocycles. The number of rotatable bonds is 1. The van der Waals surface area contributed by atoms with E-state index in [1.807, 2.05) is 6.07 Å². The number of hydrogen-bond acceptors (Lipinski definition) is 3. The number of pyridine rings is 2. The molecule has 0 bridgehead atoms. The standard InChI is InChI=1S/C11H10N2O2/c14-6-7-5-13-10(15)2-1-9-11(13)8(7)3-4-12-9/h1-4,7,14H,5-6H2. The summed E-state index contributed by atoms with van der Waals surface area (Å²) in [5, 5.41) is 9.24. The molecule has 0 aromatic carbocycles. The van der Waals surface area contributed by atoms with Crippen molar-refractivity contribution in [3.63, 3.8) is 0 Å². The van der Waals surface area contributed by atoms with Crippen LogP contribution in [0.4, 0.5) is 0 Å². The van der Waals surface area contributed by atoms with Gasteiger partial charge in [-0.2, -0.15) is 0 Å². The molecule has 2 aromatic rings. The van der Waals surface area contributed by atoms with Crippen LogP contribution in [0.25, 0.3) is 11.0 Å². The van der Waals surface area contributed by atoms with Crippen molar-refractivity contribution in [3.8, 4) is 0 Å². The van der Waals surface area contributed by atoms with E-state index >= 15 is 0 Å². The Labute approximate surface area is 85.8 Å². The van der Waals surface area contributed by atoms with E-state index in [1.165, 1.54) is 6.07 Å². The van der Waals surface area contributed by atoms with E-state index in [2.05, 4.69) is 4.98 Å². The Morgan fingerprint density at radius 1 is 1.47 bits per heavy atom. The Bertz CT molecular complexity index is 589. The van der Waals surface area contributed by atoms with Gasteiger partial charge in [-0.05, 0) is 17.7 Å². The molecule has 1 N–H and O–H groups in total. The summed E-state index contributed by atoms with van der Waals surface area (Å²) in [4.78, 5) is 15.8. The van der Waals surface area contributed by atoms with Crippen LogP contribution in [0.3, 0.4) is 0 Å². The van der Waals surface area contributed by atoms with Gasteiger partial charge in [0.2, 0.25) is 0 Å². The Hall–Kier alpha value is -1.68. The number of aliphatic hydroxyl groups excluding tert-OH is 1. The third-order valence-corrected chi connectivity index (χ3v) is 2.97. The summed E-state index contributed by atoms with van der Waals surface area (Å²) in [5.74, 6) is 0.0330. The van der Waals surface area contributed by atoms with Crippen LogP contribution < -0.4 is 5.56 Å². The summed E-state index contributed by atoms with van der Waals surface area (Å²) in [6.07, 6.45) is 1.72. The molecule has 0 saturated carbocycles. The van der Waals surface area contributed by atoms with Crippen LogP contribution >= 0.6 is 0 Å². The first-order chi connectivity index (χ1) is 7.31. The molecule has 0 spiro atoms. The molecule has 3 rings (SSSR count). The Balaban J connectivity index is 2.45. The molecule has 4 heteroatoms. The lowest BCUT2D eigenvalue weighted by Gasteiger charge is -2.04. The Morgan fingerprint density at radius 3 is 3.13 bits per heavy atom. The van der Waals surface area contributed by atoms with E-state index in [-0.39, 0.29) is 18.1 Å². The summed E-state index contributed by atoms with van der Waals surface area (Å²) >= 11 is 0. The lowest BCUT2D eigenvalue weighted by molar-refractivity contribution is 0.259. The Kier molecular flexibility index (Phi) is 1.67. The van der Waals surface area contributed by atoms with Gasteiger partial charge in [0.15, 0.2) is 0 Å². The summed E-state index contributed by atoms with van der Waals surface area (Å²) in [7, 11) is 0. The first-order valence-corrected chi connectivity index (χ1v) is 4.90. The van der Waals surface area contributed by atoms with Crippen molar-refractivity contribution in [1.29, 1.82) is 0 Å². The van der Waals surface area contributed by atoms with Gasteiger partial charge in [-0.15, -0.1) is 0 Å². The quantitative estimate of drug-likeness (QED) is 0.732. The lowest BCUT2D eigenvalue weighted by atomic mass is 10.0. The summed E-state index contributed by atoms with van der Waals surface area (Å²) < 4.78 is 1.69. The number of aliphatic hydroxyl groups is 1. The second-order valence-electron chi connectivity index (χ2n) is 3.80. The topological polar surface area (TPSA) is 55.1 Å². The highest BCUT2D eigenvalue weighted by Gasteiger charge is 2.24. The van der Waals surface area contributed by atoms with Crippen LogP contribution in [0.2, 0.25) is 0 Å². The van der Waals surface area contributed by atoms with Crippen molar-refractivity contribution >= 4 is 11.0 Å². The van der Waals surface area contributed by atoms with Gasteiger partial charge in [0.1, 0.15) is 0 Å². The van der Waals surface area contributed by atoms with E-state index in [0.717, 1.165) is 16.6 Å². The molecule has 15 heavy (non-hydrogen) atoms. The zero-order valence-corrected chi connectivity index (χ0v) is 8.05. The van der Waals surface area contributed by atoms with E-state index in [9.17, 15) is 9.90 Å². The van der Waals surface area contributed by atoms with Crippen molar-refractivity contribution in [3.05, 3.63) is 40.3 Å². The third kappa shape index (κ3) is 1.05. The van der Waals surface area contributed by atoms with Crippen molar-refractivity contribution in [2.24, 2.45) is 0 Å². The smallest absolute Gasteiger partial charge is 0.251 e. The molecule has 0 radical (unpaired) electrons. The number of nitrogens with zero attached hydrogens (tertiary/aromatic N) is 2. The molecular formula is C11H10N2O2. The van der Waals surface area contributed by atoms with Gasteiger partial charge >= 0.3 is 0 Å². The number of hydrogen-bond donors (Lipinski definition) is 1. The zero-order valence-electron chi connectivity index (χ0n) is 8.05. The molecule has 4 nitrogen and oxygen atoms in total. The fraction of sp³-hybridized carbons (Fsp3) is 0.273. The SMILES string of the molecule is O=c1ccc2nccc3c2n1CC3CO. The molecule has 1 atom stereocenters. The van der Waals surface area contributed by atoms with Crippen molar-refractivity contribution in [1.82, 2.24) is 9.55 Å². The van der Waals surface area contributed by atoms with Gasteiger partial charge in [-0.25, -0.2) is 0 Å². The van der Waals surface area contributed by atoms with Crippen LogP contribution in [0.5, 0.6) is 0 Å². The molecule has 3 heterocycles. The molecular weight excluding hydrogens is 192 g/mol. The fourth-order valence-corrected chi connectivity index (χ4v) is 2.24. The monoisotopic (exact) mass is 202 g/mol. The minimum atomic E-state index is -0.0206. The van der Waals surface area contributed by atoms with Crippen LogP contribution in [-0.4, -0.2) is 21.3 Å². The first kappa shape index (κ1) is 8.61. The van der Waals surface area contributed by atoms with Gasteiger partial charge in [0.25, 0.3) is 5.56 Å². The first-order valence-electron chi connectivity index (χ1n) is 4.90. The van der Waals surface area contributed by atoms with E-state index in [4.69, 9.17) is 0 Å². The maximum Gasteiger partial charge on any atom is 0.251 e. The summed E-state index contributed by atoms with van der Waals surface area (Å²) in [6, 6.07) is 5.14. The van der Waals surface area contributed by atoms with Gasteiger partial charge < -0.3 is 9.67 Å². The fourth-order valence-electron chi connectivity index (χ4n) is 2.24. The largest absolute Gasteiger partial charge is 0.396 e. The predicted octanol–water partition coefficient (Wildman–Crippen LogP) is 0.486. The minimum Gasteiger partial charge on any atom is -0.396 e. The van der Waals surface area contributed by atoms with Crippen LogP contribution in [0.1, 0.15) is 11.5 Å². The van der Waals surface area contributed by atoms with Crippen molar-refractivity contribution < 1.29 is 5.11 Å². The molecule has 1 aliphatic heterocycles. The zero-order chi connectivity index (χ0) is 10.4. The Morgan fingerprint density at radius 2 is 2.33 bits per heavy atom. The van der Waals surface area contributed by atoms with Crippen molar-refractivity contribution in [2.45, 2.75) is 12.5 Å². The summed E-state index contributed by atoms with van der Waals surface area (Å²) in [6.45, 7) is 0.633. The molecule has 1 aliphatic rings. The number of aromatic nitrogens is 2. The van der Waals surface area contributed by atoms with Crippen LogP contribution in [0.15, 0.2) is 29.2 Å². The van der Waals surface area contributed by atoms with Gasteiger partial charge in [-0.3, -0.25) is 9.78 Å². The van der Waals surface area contributed by atoms with Crippen LogP contribution in [0, 0.1) is 0 Å². The molecule has 0 amide bonds. The molecule has 0 fully saturated rings. The second kappa shape index (κ2) is 2.90. The van der Waals surface area contributed by atoms with Gasteiger partial charge in [0.05, 0.1) is 17.6 Å². The normalized spacial score (nSPS) is 18.6. The highest BCUT2D eigenvalue weighted by Crippen LogP contribution is 2.30. The van der Waals surface area contributed by atoms with Crippen molar-refractivity contribution in [2.75, 3.05) is 6.61 Å². The molecule has 1 unspecified atom stereocenters. The lowest BCUT2D eigenvalue weighted by Crippen LogP contribution is -2.18. The maximum absolute atomic E-state index is 11.6. The average Bonchev–Trinajstić information content (AvgIpc) is 2.65. The van der Waals surface area contributed by atoms with Crippen LogP contribution in [-0.2, 0) is 6.54 Å².